The number of halogens is 2. The first-order valence-corrected chi connectivity index (χ1v) is 8.12. The molecular formula is C16H14ClIN2O. The largest absolute Gasteiger partial charge is 0.398 e. The van der Waals surface area contributed by atoms with Crippen molar-refractivity contribution in [3.63, 3.8) is 0 Å². The van der Waals surface area contributed by atoms with Crippen LogP contribution in [0.15, 0.2) is 36.4 Å². The quantitative estimate of drug-likeness (QED) is 0.573. The van der Waals surface area contributed by atoms with E-state index in [0.717, 1.165) is 21.2 Å². The number of nitrogens with zero attached hydrogens (tertiary/aromatic N) is 1. The first kappa shape index (κ1) is 14.7. The zero-order valence-electron chi connectivity index (χ0n) is 11.3. The van der Waals surface area contributed by atoms with E-state index < -0.39 is 0 Å². The molecule has 0 saturated carbocycles. The second-order valence-electron chi connectivity index (χ2n) is 5.09. The van der Waals surface area contributed by atoms with Crippen LogP contribution in [0.5, 0.6) is 0 Å². The third-order valence-electron chi connectivity index (χ3n) is 3.76. The summed E-state index contributed by atoms with van der Waals surface area (Å²) >= 11 is 8.18. The summed E-state index contributed by atoms with van der Waals surface area (Å²) in [6.07, 6.45) is 0.837. The number of amides is 1. The van der Waals surface area contributed by atoms with Gasteiger partial charge in [0, 0.05) is 27.4 Å². The highest BCUT2D eigenvalue weighted by atomic mass is 127. The molecule has 0 aromatic heterocycles. The minimum atomic E-state index is 0.0100. The first-order chi connectivity index (χ1) is 10.1. The van der Waals surface area contributed by atoms with Gasteiger partial charge in [0.05, 0.1) is 5.56 Å². The van der Waals surface area contributed by atoms with Crippen LogP contribution in [0, 0.1) is 3.57 Å². The predicted molar refractivity (Wildman–Crippen MR) is 93.5 cm³/mol. The Morgan fingerprint density at radius 1 is 1.29 bits per heavy atom. The lowest BCUT2D eigenvalue weighted by Crippen LogP contribution is -2.36. The number of hydrogen-bond donors (Lipinski definition) is 1. The molecular weight excluding hydrogens is 399 g/mol. The van der Waals surface area contributed by atoms with Gasteiger partial charge < -0.3 is 10.6 Å². The SMILES string of the molecule is Nc1cccc2c1CN(C(=O)c1cc(Cl)ccc1I)CC2. The molecule has 0 saturated heterocycles. The van der Waals surface area contributed by atoms with Gasteiger partial charge in [0.2, 0.25) is 0 Å². The molecule has 0 atom stereocenters. The average molecular weight is 413 g/mol. The lowest BCUT2D eigenvalue weighted by Gasteiger charge is -2.30. The van der Waals surface area contributed by atoms with E-state index in [4.69, 9.17) is 17.3 Å². The fraction of sp³-hybridized carbons (Fsp3) is 0.188. The van der Waals surface area contributed by atoms with Crippen molar-refractivity contribution < 1.29 is 4.79 Å². The van der Waals surface area contributed by atoms with Crippen LogP contribution in [-0.2, 0) is 13.0 Å². The van der Waals surface area contributed by atoms with Gasteiger partial charge in [-0.1, -0.05) is 23.7 Å². The van der Waals surface area contributed by atoms with Crippen molar-refractivity contribution in [3.05, 3.63) is 61.7 Å². The third kappa shape index (κ3) is 2.87. The molecule has 0 aliphatic carbocycles. The number of nitrogens with two attached hydrogens (primary N) is 1. The lowest BCUT2D eigenvalue weighted by molar-refractivity contribution is 0.0734. The van der Waals surface area contributed by atoms with Gasteiger partial charge >= 0.3 is 0 Å². The third-order valence-corrected chi connectivity index (χ3v) is 4.93. The van der Waals surface area contributed by atoms with Gasteiger partial charge in [-0.25, -0.2) is 0 Å². The topological polar surface area (TPSA) is 46.3 Å². The van der Waals surface area contributed by atoms with E-state index in [0.29, 0.717) is 23.7 Å². The Morgan fingerprint density at radius 2 is 2.10 bits per heavy atom. The van der Waals surface area contributed by atoms with E-state index in [2.05, 4.69) is 28.7 Å². The number of benzene rings is 2. The molecule has 1 aliphatic rings. The fourth-order valence-electron chi connectivity index (χ4n) is 2.61. The molecule has 1 amide bonds. The summed E-state index contributed by atoms with van der Waals surface area (Å²) in [7, 11) is 0. The van der Waals surface area contributed by atoms with Crippen LogP contribution in [0.1, 0.15) is 21.5 Å². The maximum Gasteiger partial charge on any atom is 0.255 e. The van der Waals surface area contributed by atoms with Crippen LogP contribution < -0.4 is 5.73 Å². The van der Waals surface area contributed by atoms with E-state index >= 15 is 0 Å². The van der Waals surface area contributed by atoms with Crippen LogP contribution >= 0.6 is 34.2 Å². The fourth-order valence-corrected chi connectivity index (χ4v) is 3.35. The summed E-state index contributed by atoms with van der Waals surface area (Å²) in [5, 5.41) is 0.579. The van der Waals surface area contributed by atoms with E-state index in [-0.39, 0.29) is 5.91 Å². The molecule has 3 rings (SSSR count). The van der Waals surface area contributed by atoms with Gasteiger partial charge in [-0.05, 0) is 64.4 Å². The molecule has 1 heterocycles. The van der Waals surface area contributed by atoms with Crippen molar-refractivity contribution in [1.82, 2.24) is 4.90 Å². The van der Waals surface area contributed by atoms with Gasteiger partial charge in [0.1, 0.15) is 0 Å². The smallest absolute Gasteiger partial charge is 0.255 e. The normalized spacial score (nSPS) is 13.9. The van der Waals surface area contributed by atoms with E-state index in [1.807, 2.05) is 23.1 Å². The zero-order valence-corrected chi connectivity index (χ0v) is 14.2. The Balaban J connectivity index is 1.91. The van der Waals surface area contributed by atoms with Crippen LogP contribution in [0.2, 0.25) is 5.02 Å². The summed E-state index contributed by atoms with van der Waals surface area (Å²) in [6.45, 7) is 1.27. The second kappa shape index (κ2) is 5.85. The molecule has 0 unspecified atom stereocenters. The van der Waals surface area contributed by atoms with Gasteiger partial charge in [-0.2, -0.15) is 0 Å². The van der Waals surface area contributed by atoms with Gasteiger partial charge in [-0.15, -0.1) is 0 Å². The summed E-state index contributed by atoms with van der Waals surface area (Å²) < 4.78 is 0.911. The molecule has 1 aliphatic heterocycles. The molecule has 2 aromatic carbocycles. The molecule has 0 fully saturated rings. The molecule has 2 N–H and O–H groups in total. The number of fused-ring (bicyclic) bond motifs is 1. The average Bonchev–Trinajstić information content (AvgIpc) is 2.49. The monoisotopic (exact) mass is 412 g/mol. The second-order valence-corrected chi connectivity index (χ2v) is 6.68. The Kier molecular flexibility index (Phi) is 4.08. The highest BCUT2D eigenvalue weighted by Gasteiger charge is 2.24. The van der Waals surface area contributed by atoms with Crippen molar-refractivity contribution in [2.45, 2.75) is 13.0 Å². The summed E-state index contributed by atoms with van der Waals surface area (Å²) in [5.41, 5.74) is 9.74. The number of rotatable bonds is 1. The first-order valence-electron chi connectivity index (χ1n) is 6.67. The molecule has 0 spiro atoms. The summed E-state index contributed by atoms with van der Waals surface area (Å²) in [6, 6.07) is 11.3. The molecule has 21 heavy (non-hydrogen) atoms. The number of carbonyl (C=O) groups excluding carboxylic acids is 1. The molecule has 0 bridgehead atoms. The Morgan fingerprint density at radius 3 is 2.90 bits per heavy atom. The standard InChI is InChI=1S/C16H14ClIN2O/c17-11-4-5-14(18)12(8-11)16(21)20-7-6-10-2-1-3-15(19)13(10)9-20/h1-5,8H,6-7,9,19H2. The number of carbonyl (C=O) groups is 1. The van der Waals surface area contributed by atoms with Crippen molar-refractivity contribution in [2.24, 2.45) is 0 Å². The summed E-state index contributed by atoms with van der Waals surface area (Å²) in [5.74, 6) is 0.0100. The van der Waals surface area contributed by atoms with Crippen molar-refractivity contribution in [3.8, 4) is 0 Å². The van der Waals surface area contributed by atoms with Crippen molar-refractivity contribution >= 4 is 45.8 Å². The molecule has 2 aromatic rings. The molecule has 0 radical (unpaired) electrons. The van der Waals surface area contributed by atoms with Gasteiger partial charge in [-0.3, -0.25) is 4.79 Å². The van der Waals surface area contributed by atoms with Crippen molar-refractivity contribution in [1.29, 1.82) is 0 Å². The van der Waals surface area contributed by atoms with E-state index in [1.165, 1.54) is 5.56 Å². The van der Waals surface area contributed by atoms with Gasteiger partial charge in [0.25, 0.3) is 5.91 Å². The molecule has 5 heteroatoms. The maximum atomic E-state index is 12.7. The number of anilines is 1. The maximum absolute atomic E-state index is 12.7. The van der Waals surface area contributed by atoms with E-state index in [9.17, 15) is 4.79 Å². The highest BCUT2D eigenvalue weighted by Crippen LogP contribution is 2.27. The van der Waals surface area contributed by atoms with Gasteiger partial charge in [0.15, 0.2) is 0 Å². The molecule has 108 valence electrons. The summed E-state index contributed by atoms with van der Waals surface area (Å²) in [4.78, 5) is 14.6. The number of hydrogen-bond acceptors (Lipinski definition) is 2. The minimum absolute atomic E-state index is 0.0100. The van der Waals surface area contributed by atoms with E-state index in [1.54, 1.807) is 12.1 Å². The zero-order chi connectivity index (χ0) is 15.0. The van der Waals surface area contributed by atoms with Crippen LogP contribution in [-0.4, -0.2) is 17.4 Å². The Labute approximate surface area is 142 Å². The minimum Gasteiger partial charge on any atom is -0.398 e. The Hall–Kier alpha value is -1.27. The lowest BCUT2D eigenvalue weighted by atomic mass is 9.97. The Bertz CT molecular complexity index is 717. The van der Waals surface area contributed by atoms with Crippen LogP contribution in [0.3, 0.4) is 0 Å². The highest BCUT2D eigenvalue weighted by molar-refractivity contribution is 14.1. The van der Waals surface area contributed by atoms with Crippen LogP contribution in [0.4, 0.5) is 5.69 Å². The van der Waals surface area contributed by atoms with Crippen LogP contribution in [0.25, 0.3) is 0 Å². The number of nitrogen functional groups attached to an aromatic ring is 1. The predicted octanol–water partition coefficient (Wildman–Crippen LogP) is 3.73. The molecule has 3 nitrogen and oxygen atoms in total. The van der Waals surface area contributed by atoms with Crippen molar-refractivity contribution in [2.75, 3.05) is 12.3 Å².